The predicted octanol–water partition coefficient (Wildman–Crippen LogP) is 1.09. The van der Waals surface area contributed by atoms with Gasteiger partial charge in [-0.1, -0.05) is 44.9 Å². The summed E-state index contributed by atoms with van der Waals surface area (Å²) in [5, 5.41) is 0. The minimum atomic E-state index is -0.178. The first-order valence-electron chi connectivity index (χ1n) is 4.01. The molecule has 0 aliphatic heterocycles. The summed E-state index contributed by atoms with van der Waals surface area (Å²) in [6.07, 6.45) is 2.64. The summed E-state index contributed by atoms with van der Waals surface area (Å²) in [5.41, 5.74) is 0. The molecule has 1 aromatic rings. The summed E-state index contributed by atoms with van der Waals surface area (Å²) < 4.78 is 11.9. The Labute approximate surface area is 124 Å². The van der Waals surface area contributed by atoms with E-state index < -0.39 is 0 Å². The quantitative estimate of drug-likeness (QED) is 0.479. The van der Waals surface area contributed by atoms with Crippen molar-refractivity contribution in [1.29, 1.82) is 0 Å². The minimum Gasteiger partial charge on any atom is -0.358 e. The van der Waals surface area contributed by atoms with Crippen molar-refractivity contribution in [1.82, 2.24) is 0 Å². The fourth-order valence-corrected chi connectivity index (χ4v) is 0.415. The molecule has 13 heavy (non-hydrogen) atoms. The zero-order chi connectivity index (χ0) is 8.53. The van der Waals surface area contributed by atoms with Crippen LogP contribution in [0.1, 0.15) is 26.7 Å². The van der Waals surface area contributed by atoms with Gasteiger partial charge < -0.3 is 7.43 Å². The molecule has 2 heteroatoms. The Bertz CT molecular complexity index is 161. The molecule has 0 fully saturated rings. The van der Waals surface area contributed by atoms with Crippen molar-refractivity contribution in [3.8, 4) is 0 Å². The van der Waals surface area contributed by atoms with Crippen LogP contribution in [0.2, 0.25) is 0 Å². The monoisotopic (exact) mass is 208 g/mol. The van der Waals surface area contributed by atoms with Crippen LogP contribution in [-0.2, 0) is 0 Å². The van der Waals surface area contributed by atoms with Crippen molar-refractivity contribution in [3.05, 3.63) is 43.6 Å². The molecule has 0 saturated carbocycles. The van der Waals surface area contributed by atoms with Crippen LogP contribution in [0.3, 0.4) is 0 Å². The third-order valence-electron chi connectivity index (χ3n) is 1.23. The summed E-state index contributed by atoms with van der Waals surface area (Å²) in [6.45, 7) is 4.36. The summed E-state index contributed by atoms with van der Waals surface area (Å²) in [6, 6.07) is 7.94. The second-order valence-electron chi connectivity index (χ2n) is 2.30. The first-order valence-corrected chi connectivity index (χ1v) is 4.01. The Morgan fingerprint density at radius 1 is 1.00 bits per heavy atom. The Hall–Kier alpha value is 0.786. The van der Waals surface area contributed by atoms with Gasteiger partial charge in [0.1, 0.15) is 5.82 Å². The number of hydrogen-bond donors (Lipinski definition) is 0. The molecule has 0 bridgehead atoms. The summed E-state index contributed by atoms with van der Waals surface area (Å²) in [4.78, 5) is 0. The van der Waals surface area contributed by atoms with Gasteiger partial charge in [-0.2, -0.15) is 0 Å². The maximum absolute atomic E-state index is 11.9. The van der Waals surface area contributed by atoms with Crippen LogP contribution in [0.25, 0.3) is 0 Å². The SMILES string of the molecule is CCCC.Fc1ccccc1.[CH3-].[K+]. The van der Waals surface area contributed by atoms with Crippen LogP contribution in [0, 0.1) is 13.2 Å². The van der Waals surface area contributed by atoms with Gasteiger partial charge in [0.25, 0.3) is 0 Å². The number of hydrogen-bond acceptors (Lipinski definition) is 0. The number of halogens is 1. The predicted molar refractivity (Wildman–Crippen MR) is 53.4 cm³/mol. The van der Waals surface area contributed by atoms with Gasteiger partial charge in [0.2, 0.25) is 0 Å². The molecule has 0 heterocycles. The van der Waals surface area contributed by atoms with Gasteiger partial charge in [0.05, 0.1) is 0 Å². The second-order valence-corrected chi connectivity index (χ2v) is 2.30. The van der Waals surface area contributed by atoms with Crippen molar-refractivity contribution in [2.45, 2.75) is 26.7 Å². The first kappa shape index (κ1) is 19.4. The zero-order valence-corrected chi connectivity index (χ0v) is 12.3. The van der Waals surface area contributed by atoms with E-state index in [0.717, 1.165) is 0 Å². The van der Waals surface area contributed by atoms with Crippen LogP contribution in [-0.4, -0.2) is 0 Å². The van der Waals surface area contributed by atoms with E-state index in [-0.39, 0.29) is 64.6 Å². The van der Waals surface area contributed by atoms with Gasteiger partial charge in [-0.3, -0.25) is 0 Å². The fourth-order valence-electron chi connectivity index (χ4n) is 0.415. The Kier molecular flexibility index (Phi) is 22.8. The second kappa shape index (κ2) is 15.3. The third kappa shape index (κ3) is 15.5. The molecule has 0 aromatic heterocycles. The van der Waals surface area contributed by atoms with Crippen molar-refractivity contribution in [2.24, 2.45) is 0 Å². The van der Waals surface area contributed by atoms with Gasteiger partial charge in [-0.25, -0.2) is 4.39 Å². The molecule has 0 unspecified atom stereocenters. The smallest absolute Gasteiger partial charge is 0.358 e. The summed E-state index contributed by atoms with van der Waals surface area (Å²) in [7, 11) is 0. The molecule has 70 valence electrons. The Balaban J connectivity index is -0.000000150. The van der Waals surface area contributed by atoms with Crippen LogP contribution in [0.15, 0.2) is 30.3 Å². The number of rotatable bonds is 1. The zero-order valence-electron chi connectivity index (χ0n) is 9.18. The maximum atomic E-state index is 11.9. The van der Waals surface area contributed by atoms with Crippen LogP contribution >= 0.6 is 0 Å². The van der Waals surface area contributed by atoms with E-state index in [1.165, 1.54) is 25.0 Å². The van der Waals surface area contributed by atoms with Crippen molar-refractivity contribution in [3.63, 3.8) is 0 Å². The molecule has 0 atom stereocenters. The van der Waals surface area contributed by atoms with Crippen LogP contribution in [0.5, 0.6) is 0 Å². The molecule has 0 nitrogen and oxygen atoms in total. The molecule has 1 rings (SSSR count). The van der Waals surface area contributed by atoms with Crippen molar-refractivity contribution >= 4 is 0 Å². The molecule has 1 aromatic carbocycles. The van der Waals surface area contributed by atoms with Crippen molar-refractivity contribution < 1.29 is 55.8 Å². The van der Waals surface area contributed by atoms with E-state index >= 15 is 0 Å². The molecule has 0 saturated heterocycles. The van der Waals surface area contributed by atoms with E-state index in [0.29, 0.717) is 0 Å². The Morgan fingerprint density at radius 3 is 1.54 bits per heavy atom. The van der Waals surface area contributed by atoms with Crippen LogP contribution in [0.4, 0.5) is 4.39 Å². The standard InChI is InChI=1S/C6H5F.C4H10.CH3.K/c7-6-4-2-1-3-5-6;1-3-4-2;;/h1-5H;3-4H2,1-2H3;1H3;/q;;-1;+1. The molecule has 0 N–H and O–H groups in total. The molecule has 0 aliphatic carbocycles. The number of benzene rings is 1. The van der Waals surface area contributed by atoms with Gasteiger partial charge in [0.15, 0.2) is 0 Å². The maximum Gasteiger partial charge on any atom is 1.00 e. The Morgan fingerprint density at radius 2 is 1.38 bits per heavy atom. The molecular formula is C11H18FK. The van der Waals surface area contributed by atoms with E-state index in [2.05, 4.69) is 13.8 Å². The summed E-state index contributed by atoms with van der Waals surface area (Å²) >= 11 is 0. The van der Waals surface area contributed by atoms with Gasteiger partial charge >= 0.3 is 51.4 Å². The third-order valence-corrected chi connectivity index (χ3v) is 1.23. The first-order chi connectivity index (χ1) is 5.31. The fraction of sp³-hybridized carbons (Fsp3) is 0.364. The topological polar surface area (TPSA) is 0 Å². The molecule has 0 aliphatic rings. The average Bonchev–Trinajstić information content (AvgIpc) is 2.07. The van der Waals surface area contributed by atoms with Gasteiger partial charge in [-0.05, 0) is 12.1 Å². The minimum absolute atomic E-state index is 0. The average molecular weight is 208 g/mol. The largest absolute Gasteiger partial charge is 1.00 e. The van der Waals surface area contributed by atoms with E-state index in [9.17, 15) is 4.39 Å². The van der Waals surface area contributed by atoms with E-state index in [4.69, 9.17) is 0 Å². The van der Waals surface area contributed by atoms with E-state index in [1.807, 2.05) is 0 Å². The number of unbranched alkanes of at least 4 members (excludes halogenated alkanes) is 1. The van der Waals surface area contributed by atoms with Crippen LogP contribution < -0.4 is 51.4 Å². The summed E-state index contributed by atoms with van der Waals surface area (Å²) in [5.74, 6) is -0.178. The molecular weight excluding hydrogens is 190 g/mol. The van der Waals surface area contributed by atoms with Crippen molar-refractivity contribution in [2.75, 3.05) is 0 Å². The van der Waals surface area contributed by atoms with Gasteiger partial charge in [-0.15, -0.1) is 0 Å². The molecule has 0 radical (unpaired) electrons. The molecule has 0 spiro atoms. The normalized spacial score (nSPS) is 7.00. The molecule has 0 amide bonds. The van der Waals surface area contributed by atoms with Gasteiger partial charge in [0, 0.05) is 0 Å². The van der Waals surface area contributed by atoms with E-state index in [1.54, 1.807) is 18.2 Å².